The fraction of sp³-hybridized carbons (Fsp3) is 0.800. The van der Waals surface area contributed by atoms with Crippen LogP contribution >= 0.6 is 0 Å². The maximum Gasteiger partial charge on any atom is 0.00865 e. The molecule has 0 unspecified atom stereocenters. The lowest BCUT2D eigenvalue weighted by Gasteiger charge is -2.05. The molecule has 0 spiro atoms. The van der Waals surface area contributed by atoms with E-state index in [1.54, 1.807) is 0 Å². The van der Waals surface area contributed by atoms with Gasteiger partial charge in [0.15, 0.2) is 0 Å². The third kappa shape index (κ3) is 9.52. The topological polar surface area (TPSA) is 12.0 Å². The second-order valence-corrected chi connectivity index (χ2v) is 3.26. The highest BCUT2D eigenvalue weighted by Gasteiger charge is 1.91. The maximum absolute atomic E-state index is 5.12. The van der Waals surface area contributed by atoms with E-state index in [1.807, 2.05) is 0 Å². The third-order valence-electron chi connectivity index (χ3n) is 1.48. The van der Waals surface area contributed by atoms with Gasteiger partial charge in [-0.15, -0.1) is 12.3 Å². The minimum atomic E-state index is 0.752. The van der Waals surface area contributed by atoms with E-state index in [4.69, 9.17) is 6.42 Å². The monoisotopic (exact) mass is 153 g/mol. The zero-order valence-electron chi connectivity index (χ0n) is 7.69. The molecule has 0 aromatic heterocycles. The van der Waals surface area contributed by atoms with Crippen molar-refractivity contribution in [2.24, 2.45) is 5.92 Å². The van der Waals surface area contributed by atoms with Crippen LogP contribution in [-0.2, 0) is 0 Å². The summed E-state index contributed by atoms with van der Waals surface area (Å²) in [6.07, 6.45) is 8.40. The lowest BCUT2D eigenvalue weighted by atomic mass is 10.2. The van der Waals surface area contributed by atoms with E-state index in [9.17, 15) is 0 Å². The highest BCUT2D eigenvalue weighted by molar-refractivity contribution is 4.82. The van der Waals surface area contributed by atoms with E-state index in [1.165, 1.54) is 6.42 Å². The zero-order valence-corrected chi connectivity index (χ0v) is 7.69. The average Bonchev–Trinajstić information content (AvgIpc) is 1.96. The Morgan fingerprint density at radius 1 is 1.36 bits per heavy atom. The Kier molecular flexibility index (Phi) is 7.29. The standard InChI is InChI=1S/C10H19N/c1-4-5-6-7-8-11-9-10(2)3/h1,10-11H,5-9H2,2-3H3. The first-order chi connectivity index (χ1) is 5.27. The molecule has 0 saturated heterocycles. The molecule has 0 aliphatic rings. The second kappa shape index (κ2) is 7.63. The van der Waals surface area contributed by atoms with Gasteiger partial charge in [-0.25, -0.2) is 0 Å². The lowest BCUT2D eigenvalue weighted by molar-refractivity contribution is 0.537. The normalized spacial score (nSPS) is 10.0. The van der Waals surface area contributed by atoms with Gasteiger partial charge < -0.3 is 5.32 Å². The van der Waals surface area contributed by atoms with Crippen molar-refractivity contribution in [2.45, 2.75) is 33.1 Å². The molecular weight excluding hydrogens is 134 g/mol. The Labute approximate surface area is 70.6 Å². The average molecular weight is 153 g/mol. The molecule has 0 saturated carbocycles. The third-order valence-corrected chi connectivity index (χ3v) is 1.48. The number of nitrogens with one attached hydrogen (secondary N) is 1. The largest absolute Gasteiger partial charge is 0.316 e. The summed E-state index contributed by atoms with van der Waals surface area (Å²) in [6, 6.07) is 0. The van der Waals surface area contributed by atoms with Crippen LogP contribution in [0, 0.1) is 18.3 Å². The van der Waals surface area contributed by atoms with Crippen LogP contribution in [-0.4, -0.2) is 13.1 Å². The fourth-order valence-electron chi connectivity index (χ4n) is 0.868. The number of rotatable bonds is 6. The molecule has 0 bridgehead atoms. The molecule has 0 aliphatic heterocycles. The summed E-state index contributed by atoms with van der Waals surface area (Å²) < 4.78 is 0. The van der Waals surface area contributed by atoms with Crippen molar-refractivity contribution in [3.8, 4) is 12.3 Å². The molecule has 0 aromatic rings. The molecule has 1 heteroatoms. The predicted octanol–water partition coefficient (Wildman–Crippen LogP) is 2.04. The summed E-state index contributed by atoms with van der Waals surface area (Å²) in [7, 11) is 0. The van der Waals surface area contributed by atoms with Crippen LogP contribution in [0.5, 0.6) is 0 Å². The Hall–Kier alpha value is -0.480. The minimum Gasteiger partial charge on any atom is -0.316 e. The number of hydrogen-bond acceptors (Lipinski definition) is 1. The van der Waals surface area contributed by atoms with Crippen molar-refractivity contribution in [3.63, 3.8) is 0 Å². The number of unbranched alkanes of at least 4 members (excludes halogenated alkanes) is 2. The van der Waals surface area contributed by atoms with E-state index in [2.05, 4.69) is 25.1 Å². The van der Waals surface area contributed by atoms with E-state index < -0.39 is 0 Å². The summed E-state index contributed by atoms with van der Waals surface area (Å²) in [6.45, 7) is 6.67. The Morgan fingerprint density at radius 3 is 2.64 bits per heavy atom. The molecule has 0 heterocycles. The Morgan fingerprint density at radius 2 is 2.09 bits per heavy atom. The van der Waals surface area contributed by atoms with Gasteiger partial charge in [0.05, 0.1) is 0 Å². The quantitative estimate of drug-likeness (QED) is 0.455. The van der Waals surface area contributed by atoms with Gasteiger partial charge in [0, 0.05) is 6.42 Å². The first-order valence-electron chi connectivity index (χ1n) is 4.41. The van der Waals surface area contributed by atoms with Gasteiger partial charge >= 0.3 is 0 Å². The van der Waals surface area contributed by atoms with Gasteiger partial charge in [0.2, 0.25) is 0 Å². The van der Waals surface area contributed by atoms with Gasteiger partial charge in [-0.1, -0.05) is 13.8 Å². The van der Waals surface area contributed by atoms with Gasteiger partial charge in [-0.3, -0.25) is 0 Å². The van der Waals surface area contributed by atoms with Gasteiger partial charge in [-0.2, -0.15) is 0 Å². The zero-order chi connectivity index (χ0) is 8.53. The van der Waals surface area contributed by atoms with E-state index in [0.717, 1.165) is 31.8 Å². The van der Waals surface area contributed by atoms with Crippen LogP contribution in [0.2, 0.25) is 0 Å². The molecular formula is C10H19N. The van der Waals surface area contributed by atoms with Crippen LogP contribution < -0.4 is 5.32 Å². The molecule has 1 N–H and O–H groups in total. The van der Waals surface area contributed by atoms with Crippen molar-refractivity contribution in [1.82, 2.24) is 5.32 Å². The molecule has 0 amide bonds. The van der Waals surface area contributed by atoms with Crippen LogP contribution in [0.1, 0.15) is 33.1 Å². The van der Waals surface area contributed by atoms with Crippen molar-refractivity contribution in [2.75, 3.05) is 13.1 Å². The van der Waals surface area contributed by atoms with E-state index >= 15 is 0 Å². The SMILES string of the molecule is C#CCCCCNCC(C)C. The minimum absolute atomic E-state index is 0.752. The smallest absolute Gasteiger partial charge is 0.00865 e. The van der Waals surface area contributed by atoms with Crippen LogP contribution in [0.3, 0.4) is 0 Å². The van der Waals surface area contributed by atoms with Gasteiger partial charge in [0.1, 0.15) is 0 Å². The predicted molar refractivity (Wildman–Crippen MR) is 50.4 cm³/mol. The molecule has 64 valence electrons. The van der Waals surface area contributed by atoms with Gasteiger partial charge in [-0.05, 0) is 31.8 Å². The molecule has 0 radical (unpaired) electrons. The van der Waals surface area contributed by atoms with Crippen LogP contribution in [0.4, 0.5) is 0 Å². The first-order valence-corrected chi connectivity index (χ1v) is 4.41. The summed E-state index contributed by atoms with van der Waals surface area (Å²) >= 11 is 0. The molecule has 1 nitrogen and oxygen atoms in total. The summed E-state index contributed by atoms with van der Waals surface area (Å²) in [4.78, 5) is 0. The number of terminal acetylenes is 1. The molecule has 0 rings (SSSR count). The molecule has 0 fully saturated rings. The molecule has 0 atom stereocenters. The van der Waals surface area contributed by atoms with Gasteiger partial charge in [0.25, 0.3) is 0 Å². The lowest BCUT2D eigenvalue weighted by Crippen LogP contribution is -2.20. The Balaban J connectivity index is 2.86. The van der Waals surface area contributed by atoms with E-state index in [-0.39, 0.29) is 0 Å². The van der Waals surface area contributed by atoms with Crippen molar-refractivity contribution < 1.29 is 0 Å². The second-order valence-electron chi connectivity index (χ2n) is 3.26. The summed E-state index contributed by atoms with van der Waals surface area (Å²) in [5.74, 6) is 3.39. The van der Waals surface area contributed by atoms with Crippen LogP contribution in [0.15, 0.2) is 0 Å². The van der Waals surface area contributed by atoms with Crippen LogP contribution in [0.25, 0.3) is 0 Å². The molecule has 0 aromatic carbocycles. The molecule has 11 heavy (non-hydrogen) atoms. The Bertz CT molecular complexity index is 111. The van der Waals surface area contributed by atoms with Crippen molar-refractivity contribution in [3.05, 3.63) is 0 Å². The first kappa shape index (κ1) is 10.5. The highest BCUT2D eigenvalue weighted by atomic mass is 14.8. The highest BCUT2D eigenvalue weighted by Crippen LogP contribution is 1.92. The summed E-state index contributed by atoms with van der Waals surface area (Å²) in [5, 5.41) is 3.38. The maximum atomic E-state index is 5.12. The van der Waals surface area contributed by atoms with Crippen molar-refractivity contribution in [1.29, 1.82) is 0 Å². The molecule has 0 aliphatic carbocycles. The summed E-state index contributed by atoms with van der Waals surface area (Å²) in [5.41, 5.74) is 0. The van der Waals surface area contributed by atoms with Crippen molar-refractivity contribution >= 4 is 0 Å². The van der Waals surface area contributed by atoms with E-state index in [0.29, 0.717) is 0 Å². The number of hydrogen-bond donors (Lipinski definition) is 1. The fourth-order valence-corrected chi connectivity index (χ4v) is 0.868.